The number of hydrogen-bond acceptors (Lipinski definition) is 2. The van der Waals surface area contributed by atoms with E-state index in [1.807, 2.05) is 20.0 Å². The van der Waals surface area contributed by atoms with Crippen molar-refractivity contribution in [2.45, 2.75) is 45.6 Å². The second-order valence-corrected chi connectivity index (χ2v) is 6.50. The largest absolute Gasteiger partial charge is 0.386 e. The molecular weight excluding hydrogens is 248 g/mol. The summed E-state index contributed by atoms with van der Waals surface area (Å²) in [6.45, 7) is 8.55. The van der Waals surface area contributed by atoms with Gasteiger partial charge in [0, 0.05) is 13.5 Å². The summed E-state index contributed by atoms with van der Waals surface area (Å²) in [5, 5.41) is 14.6. The van der Waals surface area contributed by atoms with Gasteiger partial charge in [-0.3, -0.25) is 4.68 Å². The highest BCUT2D eigenvalue weighted by atomic mass is 16.3. The number of rotatable bonds is 3. The van der Waals surface area contributed by atoms with Crippen LogP contribution in [0.1, 0.15) is 49.4 Å². The molecule has 0 spiro atoms. The van der Waals surface area contributed by atoms with Crippen molar-refractivity contribution in [2.24, 2.45) is 7.05 Å². The third-order valence-electron chi connectivity index (χ3n) is 3.63. The van der Waals surface area contributed by atoms with Crippen molar-refractivity contribution in [3.05, 3.63) is 52.8 Å². The van der Waals surface area contributed by atoms with Crippen LogP contribution in [-0.4, -0.2) is 14.9 Å². The Morgan fingerprint density at radius 3 is 2.25 bits per heavy atom. The summed E-state index contributed by atoms with van der Waals surface area (Å²) < 4.78 is 1.75. The second-order valence-electron chi connectivity index (χ2n) is 6.50. The van der Waals surface area contributed by atoms with E-state index < -0.39 is 6.10 Å². The van der Waals surface area contributed by atoms with Crippen molar-refractivity contribution in [3.63, 3.8) is 0 Å². The molecule has 1 aromatic carbocycles. The van der Waals surface area contributed by atoms with Crippen LogP contribution >= 0.6 is 0 Å². The molecule has 2 rings (SSSR count). The molecule has 0 saturated carbocycles. The van der Waals surface area contributed by atoms with E-state index in [2.05, 4.69) is 50.1 Å². The van der Waals surface area contributed by atoms with Crippen LogP contribution in [-0.2, 0) is 18.9 Å². The fourth-order valence-electron chi connectivity index (χ4n) is 2.41. The predicted octanol–water partition coefficient (Wildman–Crippen LogP) is 3.30. The molecule has 0 saturated heterocycles. The molecule has 1 N–H and O–H groups in total. The number of benzene rings is 1. The van der Waals surface area contributed by atoms with Crippen LogP contribution in [0.25, 0.3) is 0 Å². The lowest BCUT2D eigenvalue weighted by molar-refractivity contribution is 0.168. The lowest BCUT2D eigenvalue weighted by Gasteiger charge is -2.19. The smallest absolute Gasteiger partial charge is 0.0996 e. The van der Waals surface area contributed by atoms with Gasteiger partial charge in [0.25, 0.3) is 0 Å². The van der Waals surface area contributed by atoms with Crippen LogP contribution < -0.4 is 0 Å². The summed E-state index contributed by atoms with van der Waals surface area (Å²) in [6.07, 6.45) is 0.102. The number of aryl methyl sites for hydroxylation is 2. The van der Waals surface area contributed by atoms with Crippen molar-refractivity contribution < 1.29 is 5.11 Å². The SMILES string of the molecule is Cc1cc(C(O)Cc2ccc(C(C)(C)C)cc2)n(C)n1. The third-order valence-corrected chi connectivity index (χ3v) is 3.63. The molecule has 1 atom stereocenters. The minimum atomic E-state index is -0.512. The van der Waals surface area contributed by atoms with Gasteiger partial charge in [0.15, 0.2) is 0 Å². The standard InChI is InChI=1S/C17H24N2O/c1-12-10-15(19(5)18-12)16(20)11-13-6-8-14(9-7-13)17(2,3)4/h6-10,16,20H,11H2,1-5H3. The first-order chi connectivity index (χ1) is 9.27. The summed E-state index contributed by atoms with van der Waals surface area (Å²) in [6, 6.07) is 10.4. The Hall–Kier alpha value is -1.61. The molecule has 1 aromatic heterocycles. The quantitative estimate of drug-likeness (QED) is 0.931. The number of nitrogens with zero attached hydrogens (tertiary/aromatic N) is 2. The van der Waals surface area contributed by atoms with Crippen LogP contribution in [0.3, 0.4) is 0 Å². The topological polar surface area (TPSA) is 38.0 Å². The molecule has 0 radical (unpaired) electrons. The molecule has 2 aromatic rings. The van der Waals surface area contributed by atoms with Gasteiger partial charge in [0.1, 0.15) is 0 Å². The van der Waals surface area contributed by atoms with Crippen molar-refractivity contribution >= 4 is 0 Å². The summed E-state index contributed by atoms with van der Waals surface area (Å²) in [7, 11) is 1.87. The van der Waals surface area contributed by atoms with Gasteiger partial charge in [-0.2, -0.15) is 5.10 Å². The Labute approximate surface area is 121 Å². The van der Waals surface area contributed by atoms with Gasteiger partial charge in [0.05, 0.1) is 17.5 Å². The first kappa shape index (κ1) is 14.8. The Kier molecular flexibility index (Phi) is 4.00. The highest BCUT2D eigenvalue weighted by Gasteiger charge is 2.16. The molecule has 1 heterocycles. The van der Waals surface area contributed by atoms with Crippen LogP contribution in [0.5, 0.6) is 0 Å². The molecule has 0 aliphatic carbocycles. The van der Waals surface area contributed by atoms with Crippen LogP contribution in [0, 0.1) is 6.92 Å². The summed E-state index contributed by atoms with van der Waals surface area (Å²) in [4.78, 5) is 0. The van der Waals surface area contributed by atoms with Crippen molar-refractivity contribution in [1.82, 2.24) is 9.78 Å². The molecule has 20 heavy (non-hydrogen) atoms. The second kappa shape index (κ2) is 5.41. The van der Waals surface area contributed by atoms with Gasteiger partial charge in [-0.1, -0.05) is 45.0 Å². The number of hydrogen-bond donors (Lipinski definition) is 1. The van der Waals surface area contributed by atoms with Gasteiger partial charge in [-0.05, 0) is 29.5 Å². The maximum atomic E-state index is 10.3. The third kappa shape index (κ3) is 3.28. The molecule has 0 amide bonds. The molecular formula is C17H24N2O. The normalized spacial score (nSPS) is 13.5. The summed E-state index contributed by atoms with van der Waals surface area (Å²) >= 11 is 0. The molecule has 1 unspecified atom stereocenters. The van der Waals surface area contributed by atoms with Gasteiger partial charge in [-0.25, -0.2) is 0 Å². The van der Waals surface area contributed by atoms with Gasteiger partial charge >= 0.3 is 0 Å². The monoisotopic (exact) mass is 272 g/mol. The Morgan fingerprint density at radius 2 is 1.80 bits per heavy atom. The summed E-state index contributed by atoms with van der Waals surface area (Å²) in [5.41, 5.74) is 4.42. The first-order valence-electron chi connectivity index (χ1n) is 7.05. The lowest BCUT2D eigenvalue weighted by Crippen LogP contribution is -2.11. The predicted molar refractivity (Wildman–Crippen MR) is 81.8 cm³/mol. The van der Waals surface area contributed by atoms with Crippen LogP contribution in [0.2, 0.25) is 0 Å². The van der Waals surface area contributed by atoms with E-state index in [4.69, 9.17) is 0 Å². The zero-order chi connectivity index (χ0) is 14.9. The van der Waals surface area contributed by atoms with E-state index in [0.717, 1.165) is 17.0 Å². The highest BCUT2D eigenvalue weighted by Crippen LogP contribution is 2.24. The van der Waals surface area contributed by atoms with Gasteiger partial charge in [-0.15, -0.1) is 0 Å². The zero-order valence-corrected chi connectivity index (χ0v) is 13.0. The molecule has 108 valence electrons. The van der Waals surface area contributed by atoms with Crippen molar-refractivity contribution in [1.29, 1.82) is 0 Å². The number of aliphatic hydroxyl groups excluding tert-OH is 1. The number of aliphatic hydroxyl groups is 1. The first-order valence-corrected chi connectivity index (χ1v) is 7.05. The van der Waals surface area contributed by atoms with E-state index in [-0.39, 0.29) is 5.41 Å². The fraction of sp³-hybridized carbons (Fsp3) is 0.471. The maximum absolute atomic E-state index is 10.3. The van der Waals surface area contributed by atoms with E-state index in [0.29, 0.717) is 6.42 Å². The minimum absolute atomic E-state index is 0.163. The van der Waals surface area contributed by atoms with E-state index in [9.17, 15) is 5.11 Å². The maximum Gasteiger partial charge on any atom is 0.0996 e. The molecule has 3 nitrogen and oxygen atoms in total. The lowest BCUT2D eigenvalue weighted by atomic mass is 9.86. The van der Waals surface area contributed by atoms with Crippen LogP contribution in [0.4, 0.5) is 0 Å². The van der Waals surface area contributed by atoms with Crippen molar-refractivity contribution in [3.8, 4) is 0 Å². The molecule has 0 fully saturated rings. The average Bonchev–Trinajstić information content (AvgIpc) is 2.68. The molecule has 0 aliphatic rings. The van der Waals surface area contributed by atoms with Gasteiger partial charge in [0.2, 0.25) is 0 Å². The Bertz CT molecular complexity index is 576. The fourth-order valence-corrected chi connectivity index (χ4v) is 2.41. The van der Waals surface area contributed by atoms with E-state index in [1.165, 1.54) is 5.56 Å². The van der Waals surface area contributed by atoms with Crippen LogP contribution in [0.15, 0.2) is 30.3 Å². The van der Waals surface area contributed by atoms with Gasteiger partial charge < -0.3 is 5.11 Å². The Morgan fingerprint density at radius 1 is 1.20 bits per heavy atom. The number of aromatic nitrogens is 2. The zero-order valence-electron chi connectivity index (χ0n) is 13.0. The molecule has 0 aliphatic heterocycles. The van der Waals surface area contributed by atoms with Crippen molar-refractivity contribution in [2.75, 3.05) is 0 Å². The average molecular weight is 272 g/mol. The Balaban J connectivity index is 2.12. The molecule has 0 bridgehead atoms. The summed E-state index contributed by atoms with van der Waals surface area (Å²) in [5.74, 6) is 0. The minimum Gasteiger partial charge on any atom is -0.386 e. The highest BCUT2D eigenvalue weighted by molar-refractivity contribution is 5.28. The molecule has 3 heteroatoms. The van der Waals surface area contributed by atoms with E-state index >= 15 is 0 Å². The van der Waals surface area contributed by atoms with E-state index in [1.54, 1.807) is 4.68 Å².